The standard InChI is InChI=1S/C20H30N2O/c1-3-4-8-18-11-12-19(16(2)15-18)22-20(23)21-14-13-17-9-6-5-7-10-17/h9,11-12,15H,3-8,10,13-14H2,1-2H3,(H2,21,22,23). The van der Waals surface area contributed by atoms with E-state index in [4.69, 9.17) is 0 Å². The molecule has 0 atom stereocenters. The topological polar surface area (TPSA) is 41.1 Å². The van der Waals surface area contributed by atoms with Gasteiger partial charge in [-0.3, -0.25) is 0 Å². The molecule has 0 unspecified atom stereocenters. The summed E-state index contributed by atoms with van der Waals surface area (Å²) < 4.78 is 0. The number of rotatable bonds is 7. The summed E-state index contributed by atoms with van der Waals surface area (Å²) in [5.74, 6) is 0. The average Bonchev–Trinajstić information content (AvgIpc) is 2.56. The molecule has 0 saturated heterocycles. The van der Waals surface area contributed by atoms with Gasteiger partial charge >= 0.3 is 6.03 Å². The molecule has 0 bridgehead atoms. The fourth-order valence-corrected chi connectivity index (χ4v) is 3.04. The number of allylic oxidation sites excluding steroid dienone is 1. The highest BCUT2D eigenvalue weighted by Gasteiger charge is 2.07. The van der Waals surface area contributed by atoms with Gasteiger partial charge in [0.05, 0.1) is 0 Å². The molecule has 2 rings (SSSR count). The summed E-state index contributed by atoms with van der Waals surface area (Å²) in [5.41, 5.74) is 4.87. The van der Waals surface area contributed by atoms with Gasteiger partial charge in [0.15, 0.2) is 0 Å². The first-order valence-corrected chi connectivity index (χ1v) is 9.01. The molecule has 0 heterocycles. The third kappa shape index (κ3) is 6.09. The second-order valence-corrected chi connectivity index (χ2v) is 6.49. The van der Waals surface area contributed by atoms with Crippen LogP contribution in [-0.2, 0) is 6.42 Å². The maximum atomic E-state index is 12.0. The van der Waals surface area contributed by atoms with Gasteiger partial charge in [-0.05, 0) is 69.1 Å². The second-order valence-electron chi connectivity index (χ2n) is 6.49. The monoisotopic (exact) mass is 314 g/mol. The lowest BCUT2D eigenvalue weighted by Crippen LogP contribution is -2.30. The molecule has 0 aromatic heterocycles. The molecule has 0 spiro atoms. The van der Waals surface area contributed by atoms with E-state index in [0.717, 1.165) is 24.1 Å². The first-order chi connectivity index (χ1) is 11.2. The number of hydrogen-bond donors (Lipinski definition) is 2. The van der Waals surface area contributed by atoms with Crippen LogP contribution in [0.15, 0.2) is 29.8 Å². The van der Waals surface area contributed by atoms with Gasteiger partial charge in [0.1, 0.15) is 0 Å². The summed E-state index contributed by atoms with van der Waals surface area (Å²) in [6.07, 6.45) is 11.8. The molecule has 1 aromatic carbocycles. The van der Waals surface area contributed by atoms with Crippen molar-refractivity contribution < 1.29 is 4.79 Å². The summed E-state index contributed by atoms with van der Waals surface area (Å²) in [4.78, 5) is 12.0. The Hall–Kier alpha value is -1.77. The normalized spacial score (nSPS) is 14.3. The molecule has 1 aromatic rings. The second kappa shape index (κ2) is 9.39. The van der Waals surface area contributed by atoms with Crippen LogP contribution < -0.4 is 10.6 Å². The molecule has 0 aliphatic heterocycles. The molecule has 2 amide bonds. The lowest BCUT2D eigenvalue weighted by molar-refractivity contribution is 0.252. The van der Waals surface area contributed by atoms with Crippen molar-refractivity contribution >= 4 is 11.7 Å². The van der Waals surface area contributed by atoms with Crippen LogP contribution in [0, 0.1) is 6.92 Å². The molecule has 0 saturated carbocycles. The third-order valence-electron chi connectivity index (χ3n) is 4.47. The van der Waals surface area contributed by atoms with Crippen molar-refractivity contribution in [2.24, 2.45) is 0 Å². The third-order valence-corrected chi connectivity index (χ3v) is 4.47. The SMILES string of the molecule is CCCCc1ccc(NC(=O)NCCC2=CCCCC2)c(C)c1. The Labute approximate surface area is 140 Å². The van der Waals surface area contributed by atoms with E-state index >= 15 is 0 Å². The average molecular weight is 314 g/mol. The Morgan fingerprint density at radius 1 is 1.22 bits per heavy atom. The van der Waals surface area contributed by atoms with Crippen LogP contribution >= 0.6 is 0 Å². The Kier molecular flexibility index (Phi) is 7.18. The van der Waals surface area contributed by atoms with E-state index in [1.54, 1.807) is 0 Å². The maximum Gasteiger partial charge on any atom is 0.319 e. The highest BCUT2D eigenvalue weighted by Crippen LogP contribution is 2.20. The fraction of sp³-hybridized carbons (Fsp3) is 0.550. The summed E-state index contributed by atoms with van der Waals surface area (Å²) in [5, 5.41) is 5.93. The molecule has 3 nitrogen and oxygen atoms in total. The zero-order chi connectivity index (χ0) is 16.5. The number of amides is 2. The van der Waals surface area contributed by atoms with Gasteiger partial charge in [-0.25, -0.2) is 4.79 Å². The van der Waals surface area contributed by atoms with Gasteiger partial charge in [-0.2, -0.15) is 0 Å². The van der Waals surface area contributed by atoms with Crippen LogP contribution in [0.3, 0.4) is 0 Å². The molecule has 0 radical (unpaired) electrons. The largest absolute Gasteiger partial charge is 0.338 e. The molecule has 126 valence electrons. The Morgan fingerprint density at radius 3 is 2.78 bits per heavy atom. The predicted molar refractivity (Wildman–Crippen MR) is 98.0 cm³/mol. The number of unbranched alkanes of at least 4 members (excludes halogenated alkanes) is 1. The number of carbonyl (C=O) groups is 1. The molecule has 1 aliphatic carbocycles. The molecule has 23 heavy (non-hydrogen) atoms. The lowest BCUT2D eigenvalue weighted by atomic mass is 9.97. The van der Waals surface area contributed by atoms with Crippen LogP contribution in [-0.4, -0.2) is 12.6 Å². The number of aryl methyl sites for hydroxylation is 2. The van der Waals surface area contributed by atoms with Gasteiger partial charge in [0.2, 0.25) is 0 Å². The Bertz CT molecular complexity index is 549. The number of carbonyl (C=O) groups excluding carboxylic acids is 1. The summed E-state index contributed by atoms with van der Waals surface area (Å²) in [6, 6.07) is 6.21. The number of anilines is 1. The summed E-state index contributed by atoms with van der Waals surface area (Å²) in [6.45, 7) is 4.97. The highest BCUT2D eigenvalue weighted by molar-refractivity contribution is 5.90. The van der Waals surface area contributed by atoms with Crippen molar-refractivity contribution in [2.45, 2.75) is 65.2 Å². The molecule has 1 aliphatic rings. The van der Waals surface area contributed by atoms with E-state index in [1.807, 2.05) is 6.07 Å². The number of benzene rings is 1. The van der Waals surface area contributed by atoms with Crippen LogP contribution in [0.1, 0.15) is 63.0 Å². The first-order valence-electron chi connectivity index (χ1n) is 9.01. The molecular weight excluding hydrogens is 284 g/mol. The van der Waals surface area contributed by atoms with Crippen molar-refractivity contribution in [3.05, 3.63) is 41.0 Å². The zero-order valence-corrected chi connectivity index (χ0v) is 14.6. The van der Waals surface area contributed by atoms with E-state index in [2.05, 4.69) is 42.7 Å². The van der Waals surface area contributed by atoms with E-state index < -0.39 is 0 Å². The van der Waals surface area contributed by atoms with Gasteiger partial charge < -0.3 is 10.6 Å². The number of hydrogen-bond acceptors (Lipinski definition) is 1. The number of urea groups is 1. The summed E-state index contributed by atoms with van der Waals surface area (Å²) >= 11 is 0. The van der Waals surface area contributed by atoms with Crippen LogP contribution in [0.5, 0.6) is 0 Å². The zero-order valence-electron chi connectivity index (χ0n) is 14.6. The number of nitrogens with one attached hydrogen (secondary N) is 2. The van der Waals surface area contributed by atoms with E-state index in [-0.39, 0.29) is 6.03 Å². The molecule has 3 heteroatoms. The van der Waals surface area contributed by atoms with Crippen LogP contribution in [0.25, 0.3) is 0 Å². The first kappa shape index (κ1) is 17.6. The quantitative estimate of drug-likeness (QED) is 0.654. The van der Waals surface area contributed by atoms with Crippen molar-refractivity contribution in [2.75, 3.05) is 11.9 Å². The minimum absolute atomic E-state index is 0.106. The smallest absolute Gasteiger partial charge is 0.319 e. The Balaban J connectivity index is 1.77. The lowest BCUT2D eigenvalue weighted by Gasteiger charge is -2.14. The van der Waals surface area contributed by atoms with E-state index in [9.17, 15) is 4.79 Å². The van der Waals surface area contributed by atoms with E-state index in [1.165, 1.54) is 49.7 Å². The maximum absolute atomic E-state index is 12.0. The predicted octanol–water partition coefficient (Wildman–Crippen LogP) is 5.35. The molecular formula is C20H30N2O. The molecule has 0 fully saturated rings. The highest BCUT2D eigenvalue weighted by atomic mass is 16.2. The summed E-state index contributed by atoms with van der Waals surface area (Å²) in [7, 11) is 0. The fourth-order valence-electron chi connectivity index (χ4n) is 3.04. The van der Waals surface area contributed by atoms with Gasteiger partial charge in [0, 0.05) is 12.2 Å². The van der Waals surface area contributed by atoms with Crippen LogP contribution in [0.2, 0.25) is 0 Å². The Morgan fingerprint density at radius 2 is 2.09 bits per heavy atom. The van der Waals surface area contributed by atoms with Gasteiger partial charge in [0.25, 0.3) is 0 Å². The van der Waals surface area contributed by atoms with Crippen LogP contribution in [0.4, 0.5) is 10.5 Å². The molecule has 2 N–H and O–H groups in total. The minimum atomic E-state index is -0.106. The van der Waals surface area contributed by atoms with Gasteiger partial charge in [-0.15, -0.1) is 0 Å². The van der Waals surface area contributed by atoms with Crippen molar-refractivity contribution in [3.63, 3.8) is 0 Å². The minimum Gasteiger partial charge on any atom is -0.338 e. The van der Waals surface area contributed by atoms with Crippen molar-refractivity contribution in [3.8, 4) is 0 Å². The van der Waals surface area contributed by atoms with E-state index in [0.29, 0.717) is 6.54 Å². The van der Waals surface area contributed by atoms with Gasteiger partial charge in [-0.1, -0.05) is 37.1 Å². The van der Waals surface area contributed by atoms with Crippen molar-refractivity contribution in [1.82, 2.24) is 5.32 Å². The van der Waals surface area contributed by atoms with Crippen molar-refractivity contribution in [1.29, 1.82) is 0 Å².